The maximum atomic E-state index is 12.4. The topological polar surface area (TPSA) is 76.1 Å². The van der Waals surface area contributed by atoms with Crippen molar-refractivity contribution in [2.45, 2.75) is 26.9 Å². The summed E-state index contributed by atoms with van der Waals surface area (Å²) in [4.78, 5) is 20.9. The molecule has 0 spiro atoms. The van der Waals surface area contributed by atoms with E-state index in [9.17, 15) is 4.79 Å². The molecule has 138 valence electrons. The zero-order valence-electron chi connectivity index (χ0n) is 15.6. The molecule has 0 saturated heterocycles. The molecule has 0 radical (unpaired) electrons. The Morgan fingerprint density at radius 3 is 2.33 bits per heavy atom. The number of ether oxygens (including phenoxy) is 1. The van der Waals surface area contributed by atoms with E-state index in [1.165, 1.54) is 12.4 Å². The first-order valence-electron chi connectivity index (χ1n) is 8.74. The van der Waals surface area contributed by atoms with E-state index < -0.39 is 0 Å². The summed E-state index contributed by atoms with van der Waals surface area (Å²) >= 11 is 0. The van der Waals surface area contributed by atoms with Gasteiger partial charge in [-0.05, 0) is 44.5 Å². The second kappa shape index (κ2) is 8.31. The van der Waals surface area contributed by atoms with Gasteiger partial charge in [-0.15, -0.1) is 0 Å². The monoisotopic (exact) mass is 362 g/mol. The highest BCUT2D eigenvalue weighted by atomic mass is 16.5. The van der Waals surface area contributed by atoms with Crippen LogP contribution >= 0.6 is 0 Å². The van der Waals surface area contributed by atoms with Gasteiger partial charge in [-0.3, -0.25) is 4.79 Å². The third kappa shape index (κ3) is 4.82. The maximum Gasteiger partial charge on any atom is 0.275 e. The Hall–Kier alpha value is -3.41. The highest BCUT2D eigenvalue weighted by molar-refractivity contribution is 6.03. The predicted octanol–water partition coefficient (Wildman–Crippen LogP) is 4.57. The number of para-hydroxylation sites is 3. The first kappa shape index (κ1) is 18.4. The van der Waals surface area contributed by atoms with Crippen LogP contribution in [-0.2, 0) is 0 Å². The van der Waals surface area contributed by atoms with Gasteiger partial charge < -0.3 is 15.4 Å². The van der Waals surface area contributed by atoms with E-state index in [1.807, 2.05) is 69.3 Å². The molecule has 27 heavy (non-hydrogen) atoms. The maximum absolute atomic E-state index is 12.4. The molecule has 0 unspecified atom stereocenters. The molecule has 0 aliphatic heterocycles. The highest BCUT2D eigenvalue weighted by Crippen LogP contribution is 2.27. The van der Waals surface area contributed by atoms with Gasteiger partial charge in [0.1, 0.15) is 17.3 Å². The lowest BCUT2D eigenvalue weighted by molar-refractivity contribution is 0.102. The Bertz CT molecular complexity index is 923. The third-order valence-corrected chi connectivity index (χ3v) is 3.79. The molecule has 0 fully saturated rings. The number of aryl methyl sites for hydroxylation is 1. The molecule has 3 rings (SSSR count). The van der Waals surface area contributed by atoms with Crippen molar-refractivity contribution in [2.75, 3.05) is 10.6 Å². The van der Waals surface area contributed by atoms with Crippen LogP contribution in [0, 0.1) is 6.92 Å². The van der Waals surface area contributed by atoms with Crippen molar-refractivity contribution in [1.29, 1.82) is 0 Å². The largest absolute Gasteiger partial charge is 0.489 e. The molecule has 0 saturated carbocycles. The number of hydrogen-bond donors (Lipinski definition) is 2. The van der Waals surface area contributed by atoms with Crippen LogP contribution in [0.1, 0.15) is 29.9 Å². The summed E-state index contributed by atoms with van der Waals surface area (Å²) in [5.41, 5.74) is 2.78. The van der Waals surface area contributed by atoms with E-state index >= 15 is 0 Å². The van der Waals surface area contributed by atoms with Gasteiger partial charge in [-0.2, -0.15) is 0 Å². The normalized spacial score (nSPS) is 10.5. The molecule has 3 aromatic rings. The van der Waals surface area contributed by atoms with Crippen LogP contribution in [0.3, 0.4) is 0 Å². The predicted molar refractivity (Wildman–Crippen MR) is 107 cm³/mol. The lowest BCUT2D eigenvalue weighted by atomic mass is 10.2. The van der Waals surface area contributed by atoms with E-state index in [0.29, 0.717) is 5.82 Å². The smallest absolute Gasteiger partial charge is 0.275 e. The molecule has 2 N–H and O–H groups in total. The number of nitrogens with one attached hydrogen (secondary N) is 2. The third-order valence-electron chi connectivity index (χ3n) is 3.79. The molecule has 0 aliphatic rings. The fourth-order valence-electron chi connectivity index (χ4n) is 2.47. The zero-order chi connectivity index (χ0) is 19.2. The van der Waals surface area contributed by atoms with Crippen molar-refractivity contribution in [3.63, 3.8) is 0 Å². The number of carbonyl (C=O) groups is 1. The van der Waals surface area contributed by atoms with E-state index in [4.69, 9.17) is 4.74 Å². The van der Waals surface area contributed by atoms with Gasteiger partial charge in [0.2, 0.25) is 0 Å². The SMILES string of the molecule is Cc1ccccc1NC(=O)c1cnc(Nc2ccccc2OC(C)C)cn1. The average molecular weight is 362 g/mol. The number of carbonyl (C=O) groups excluding carboxylic acids is 1. The molecule has 1 aromatic heterocycles. The average Bonchev–Trinajstić information content (AvgIpc) is 2.65. The van der Waals surface area contributed by atoms with Crippen LogP contribution < -0.4 is 15.4 Å². The number of rotatable bonds is 6. The molecule has 6 heteroatoms. The molecular weight excluding hydrogens is 340 g/mol. The van der Waals surface area contributed by atoms with Gasteiger partial charge in [-0.1, -0.05) is 30.3 Å². The zero-order valence-corrected chi connectivity index (χ0v) is 15.6. The number of anilines is 3. The number of aromatic nitrogens is 2. The quantitative estimate of drug-likeness (QED) is 0.672. The van der Waals surface area contributed by atoms with Gasteiger partial charge in [0.25, 0.3) is 5.91 Å². The molecule has 0 bridgehead atoms. The minimum atomic E-state index is -0.299. The molecule has 1 amide bonds. The summed E-state index contributed by atoms with van der Waals surface area (Å²) < 4.78 is 5.78. The van der Waals surface area contributed by atoms with E-state index in [0.717, 1.165) is 22.7 Å². The number of nitrogens with zero attached hydrogens (tertiary/aromatic N) is 2. The Morgan fingerprint density at radius 1 is 0.963 bits per heavy atom. The summed E-state index contributed by atoms with van der Waals surface area (Å²) in [6.07, 6.45) is 3.03. The van der Waals surface area contributed by atoms with E-state index in [1.54, 1.807) is 0 Å². The van der Waals surface area contributed by atoms with Crippen molar-refractivity contribution in [3.05, 3.63) is 72.2 Å². The molecule has 1 heterocycles. The van der Waals surface area contributed by atoms with Gasteiger partial charge in [-0.25, -0.2) is 9.97 Å². The Kier molecular flexibility index (Phi) is 5.66. The summed E-state index contributed by atoms with van der Waals surface area (Å²) in [7, 11) is 0. The minimum Gasteiger partial charge on any atom is -0.489 e. The van der Waals surface area contributed by atoms with Crippen LogP contribution in [0.25, 0.3) is 0 Å². The van der Waals surface area contributed by atoms with Crippen molar-refractivity contribution in [1.82, 2.24) is 9.97 Å². The van der Waals surface area contributed by atoms with Gasteiger partial charge in [0, 0.05) is 5.69 Å². The molecule has 6 nitrogen and oxygen atoms in total. The van der Waals surface area contributed by atoms with E-state index in [2.05, 4.69) is 20.6 Å². The van der Waals surface area contributed by atoms with Crippen LogP contribution in [-0.4, -0.2) is 22.0 Å². The lowest BCUT2D eigenvalue weighted by Crippen LogP contribution is -2.15. The van der Waals surface area contributed by atoms with Crippen molar-refractivity contribution < 1.29 is 9.53 Å². The highest BCUT2D eigenvalue weighted by Gasteiger charge is 2.11. The molecule has 0 atom stereocenters. The summed E-state index contributed by atoms with van der Waals surface area (Å²) in [6.45, 7) is 5.88. The molecule has 0 aliphatic carbocycles. The molecular formula is C21H22N4O2. The summed E-state index contributed by atoms with van der Waals surface area (Å²) in [5.74, 6) is 0.963. The van der Waals surface area contributed by atoms with Crippen molar-refractivity contribution in [3.8, 4) is 5.75 Å². The summed E-state index contributed by atoms with van der Waals surface area (Å²) in [5, 5.41) is 6.02. The second-order valence-electron chi connectivity index (χ2n) is 6.34. The van der Waals surface area contributed by atoms with E-state index in [-0.39, 0.29) is 17.7 Å². The Balaban J connectivity index is 1.71. The first-order chi connectivity index (χ1) is 13.0. The molecule has 2 aromatic carbocycles. The fraction of sp³-hybridized carbons (Fsp3) is 0.190. The van der Waals surface area contributed by atoms with Crippen molar-refractivity contribution >= 4 is 23.1 Å². The van der Waals surface area contributed by atoms with Gasteiger partial charge >= 0.3 is 0 Å². The Morgan fingerprint density at radius 2 is 1.67 bits per heavy atom. The minimum absolute atomic E-state index is 0.0616. The van der Waals surface area contributed by atoms with Crippen molar-refractivity contribution in [2.24, 2.45) is 0 Å². The number of benzene rings is 2. The van der Waals surface area contributed by atoms with Crippen LogP contribution in [0.2, 0.25) is 0 Å². The fourth-order valence-corrected chi connectivity index (χ4v) is 2.47. The van der Waals surface area contributed by atoms with Crippen LogP contribution in [0.5, 0.6) is 5.75 Å². The second-order valence-corrected chi connectivity index (χ2v) is 6.34. The van der Waals surface area contributed by atoms with Crippen LogP contribution in [0.15, 0.2) is 60.9 Å². The lowest BCUT2D eigenvalue weighted by Gasteiger charge is -2.15. The van der Waals surface area contributed by atoms with Gasteiger partial charge in [0.15, 0.2) is 0 Å². The summed E-state index contributed by atoms with van der Waals surface area (Å²) in [6, 6.07) is 15.2. The van der Waals surface area contributed by atoms with Crippen LogP contribution in [0.4, 0.5) is 17.2 Å². The standard InChI is InChI=1S/C21H22N4O2/c1-14(2)27-19-11-7-6-10-17(19)24-20-13-22-18(12-23-20)21(26)25-16-9-5-4-8-15(16)3/h4-14H,1-3H3,(H,23,24)(H,25,26). The Labute approximate surface area is 158 Å². The van der Waals surface area contributed by atoms with Gasteiger partial charge in [0.05, 0.1) is 24.2 Å². The number of amides is 1. The number of hydrogen-bond acceptors (Lipinski definition) is 5. The first-order valence-corrected chi connectivity index (χ1v) is 8.74.